The Morgan fingerprint density at radius 1 is 1.45 bits per heavy atom. The number of ether oxygens (including phenoxy) is 1. The Bertz CT molecular complexity index is 107. The van der Waals surface area contributed by atoms with Gasteiger partial charge in [0.2, 0.25) is 0 Å². The molecule has 0 atom stereocenters. The van der Waals surface area contributed by atoms with E-state index in [1.54, 1.807) is 7.11 Å². The fourth-order valence-electron chi connectivity index (χ4n) is 0.760. The Labute approximate surface area is 67.1 Å². The molecule has 0 bridgehead atoms. The van der Waals surface area contributed by atoms with Gasteiger partial charge in [0.25, 0.3) is 0 Å². The normalized spacial score (nSPS) is 9.55. The second kappa shape index (κ2) is 7.34. The van der Waals surface area contributed by atoms with Crippen molar-refractivity contribution < 1.29 is 9.53 Å². The zero-order chi connectivity index (χ0) is 8.53. The van der Waals surface area contributed by atoms with Gasteiger partial charge in [-0.05, 0) is 19.3 Å². The van der Waals surface area contributed by atoms with Gasteiger partial charge >= 0.3 is 6.03 Å². The molecular weight excluding hydrogens is 144 g/mol. The van der Waals surface area contributed by atoms with Crippen LogP contribution in [0.5, 0.6) is 0 Å². The molecule has 0 saturated carbocycles. The minimum absolute atomic E-state index is 0.447. The van der Waals surface area contributed by atoms with Crippen LogP contribution in [0.15, 0.2) is 0 Å². The van der Waals surface area contributed by atoms with Crippen LogP contribution in [0.1, 0.15) is 19.3 Å². The molecule has 0 fully saturated rings. The van der Waals surface area contributed by atoms with E-state index in [1.807, 2.05) is 0 Å². The number of rotatable bonds is 6. The molecule has 0 aliphatic carbocycles. The van der Waals surface area contributed by atoms with Crippen molar-refractivity contribution >= 4 is 6.03 Å². The van der Waals surface area contributed by atoms with Crippen molar-refractivity contribution in [2.45, 2.75) is 19.3 Å². The summed E-state index contributed by atoms with van der Waals surface area (Å²) in [7, 11) is 1.68. The number of nitrogens with one attached hydrogen (secondary N) is 1. The highest BCUT2D eigenvalue weighted by Gasteiger charge is 1.90. The maximum Gasteiger partial charge on any atom is 0.312 e. The molecule has 0 aliphatic heterocycles. The highest BCUT2D eigenvalue weighted by atomic mass is 16.5. The van der Waals surface area contributed by atoms with Crippen LogP contribution in [0.25, 0.3) is 0 Å². The van der Waals surface area contributed by atoms with E-state index in [0.717, 1.165) is 25.9 Å². The lowest BCUT2D eigenvalue weighted by Crippen LogP contribution is -2.29. The monoisotopic (exact) mass is 160 g/mol. The summed E-state index contributed by atoms with van der Waals surface area (Å²) in [6, 6.07) is -0.447. The van der Waals surface area contributed by atoms with Crippen molar-refractivity contribution in [3.8, 4) is 0 Å². The summed E-state index contributed by atoms with van der Waals surface area (Å²) in [5.74, 6) is 0. The topological polar surface area (TPSA) is 64.3 Å². The number of nitrogens with two attached hydrogens (primary N) is 1. The maximum atomic E-state index is 10.2. The summed E-state index contributed by atoms with van der Waals surface area (Å²) in [5, 5.41) is 2.52. The molecule has 4 heteroatoms. The van der Waals surface area contributed by atoms with E-state index in [4.69, 9.17) is 10.5 Å². The Kier molecular flexibility index (Phi) is 6.82. The number of carbonyl (C=O) groups is 1. The predicted molar refractivity (Wildman–Crippen MR) is 43.3 cm³/mol. The fraction of sp³-hybridized carbons (Fsp3) is 0.857. The number of carbonyl (C=O) groups excluding carboxylic acids is 1. The van der Waals surface area contributed by atoms with Crippen LogP contribution < -0.4 is 11.1 Å². The van der Waals surface area contributed by atoms with Gasteiger partial charge in [-0.2, -0.15) is 0 Å². The Hall–Kier alpha value is -0.770. The maximum absolute atomic E-state index is 10.2. The highest BCUT2D eigenvalue weighted by Crippen LogP contribution is 1.93. The summed E-state index contributed by atoms with van der Waals surface area (Å²) in [6.07, 6.45) is 3.07. The van der Waals surface area contributed by atoms with Crippen molar-refractivity contribution in [2.24, 2.45) is 5.73 Å². The van der Waals surface area contributed by atoms with Crippen molar-refractivity contribution in [1.82, 2.24) is 5.32 Å². The third-order valence-corrected chi connectivity index (χ3v) is 1.32. The van der Waals surface area contributed by atoms with Crippen LogP contribution in [0.4, 0.5) is 4.79 Å². The average molecular weight is 160 g/mol. The lowest BCUT2D eigenvalue weighted by atomic mass is 10.2. The molecule has 4 nitrogen and oxygen atoms in total. The molecule has 0 saturated heterocycles. The van der Waals surface area contributed by atoms with E-state index >= 15 is 0 Å². The number of hydrogen-bond donors (Lipinski definition) is 2. The van der Waals surface area contributed by atoms with Crippen LogP contribution in [-0.2, 0) is 4.74 Å². The third-order valence-electron chi connectivity index (χ3n) is 1.32. The zero-order valence-electron chi connectivity index (χ0n) is 6.93. The van der Waals surface area contributed by atoms with Crippen molar-refractivity contribution in [3.05, 3.63) is 0 Å². The molecule has 0 unspecified atom stereocenters. The number of urea groups is 1. The summed E-state index contributed by atoms with van der Waals surface area (Å²) in [6.45, 7) is 1.45. The van der Waals surface area contributed by atoms with Crippen molar-refractivity contribution in [1.29, 1.82) is 0 Å². The number of methoxy groups -OCH3 is 1. The lowest BCUT2D eigenvalue weighted by Gasteiger charge is -2.00. The molecule has 0 aromatic rings. The van der Waals surface area contributed by atoms with Crippen LogP contribution in [0.3, 0.4) is 0 Å². The highest BCUT2D eigenvalue weighted by molar-refractivity contribution is 5.71. The van der Waals surface area contributed by atoms with Crippen LogP contribution in [0, 0.1) is 0 Å². The van der Waals surface area contributed by atoms with E-state index in [2.05, 4.69) is 5.32 Å². The van der Waals surface area contributed by atoms with E-state index in [9.17, 15) is 4.79 Å². The summed E-state index contributed by atoms with van der Waals surface area (Å²) < 4.78 is 4.86. The SMILES string of the molecule is COCCCCCNC(N)=O. The van der Waals surface area contributed by atoms with Gasteiger partial charge in [0.15, 0.2) is 0 Å². The number of unbranched alkanes of at least 4 members (excludes halogenated alkanes) is 2. The van der Waals surface area contributed by atoms with E-state index in [0.29, 0.717) is 6.54 Å². The van der Waals surface area contributed by atoms with Crippen LogP contribution in [-0.4, -0.2) is 26.3 Å². The first-order chi connectivity index (χ1) is 5.27. The summed E-state index contributed by atoms with van der Waals surface area (Å²) >= 11 is 0. The number of hydrogen-bond acceptors (Lipinski definition) is 2. The summed E-state index contributed by atoms with van der Waals surface area (Å²) in [5.41, 5.74) is 4.86. The second-order valence-corrected chi connectivity index (χ2v) is 2.34. The molecule has 0 heterocycles. The molecule has 66 valence electrons. The van der Waals surface area contributed by atoms with Crippen molar-refractivity contribution in [3.63, 3.8) is 0 Å². The minimum Gasteiger partial charge on any atom is -0.385 e. The molecule has 0 radical (unpaired) electrons. The van der Waals surface area contributed by atoms with E-state index < -0.39 is 6.03 Å². The van der Waals surface area contributed by atoms with Crippen molar-refractivity contribution in [2.75, 3.05) is 20.3 Å². The smallest absolute Gasteiger partial charge is 0.312 e. The lowest BCUT2D eigenvalue weighted by molar-refractivity contribution is 0.192. The van der Waals surface area contributed by atoms with Gasteiger partial charge in [0.05, 0.1) is 0 Å². The van der Waals surface area contributed by atoms with Gasteiger partial charge in [-0.15, -0.1) is 0 Å². The number of primary amides is 1. The van der Waals surface area contributed by atoms with Gasteiger partial charge in [0, 0.05) is 20.3 Å². The van der Waals surface area contributed by atoms with Crippen LogP contribution >= 0.6 is 0 Å². The Balaban J connectivity index is 2.85. The first-order valence-electron chi connectivity index (χ1n) is 3.79. The molecule has 2 amide bonds. The molecular formula is C7H16N2O2. The van der Waals surface area contributed by atoms with Gasteiger partial charge < -0.3 is 15.8 Å². The molecule has 11 heavy (non-hydrogen) atoms. The number of amides is 2. The van der Waals surface area contributed by atoms with Gasteiger partial charge in [0.1, 0.15) is 0 Å². The molecule has 0 spiro atoms. The first-order valence-corrected chi connectivity index (χ1v) is 3.79. The molecule has 0 aromatic carbocycles. The first kappa shape index (κ1) is 10.2. The second-order valence-electron chi connectivity index (χ2n) is 2.34. The van der Waals surface area contributed by atoms with E-state index in [1.165, 1.54) is 0 Å². The molecule has 0 rings (SSSR count). The quantitative estimate of drug-likeness (QED) is 0.555. The third kappa shape index (κ3) is 9.23. The standard InChI is InChI=1S/C7H16N2O2/c1-11-6-4-2-3-5-9-7(8)10/h2-6H2,1H3,(H3,8,9,10). The zero-order valence-corrected chi connectivity index (χ0v) is 6.93. The fourth-order valence-corrected chi connectivity index (χ4v) is 0.760. The van der Waals surface area contributed by atoms with Gasteiger partial charge in [-0.3, -0.25) is 0 Å². The minimum atomic E-state index is -0.447. The van der Waals surface area contributed by atoms with Gasteiger partial charge in [-0.1, -0.05) is 0 Å². The molecule has 3 N–H and O–H groups in total. The predicted octanol–water partition coefficient (Wildman–Crippen LogP) is 0.471. The van der Waals surface area contributed by atoms with Gasteiger partial charge in [-0.25, -0.2) is 4.79 Å². The summed E-state index contributed by atoms with van der Waals surface area (Å²) in [4.78, 5) is 10.2. The largest absolute Gasteiger partial charge is 0.385 e. The van der Waals surface area contributed by atoms with Crippen LogP contribution in [0.2, 0.25) is 0 Å². The Morgan fingerprint density at radius 3 is 2.73 bits per heavy atom. The van der Waals surface area contributed by atoms with E-state index in [-0.39, 0.29) is 0 Å². The Morgan fingerprint density at radius 2 is 2.18 bits per heavy atom. The molecule has 0 aromatic heterocycles. The molecule has 0 aliphatic rings. The average Bonchev–Trinajstić information content (AvgIpc) is 1.96.